The number of phenols is 1. The topological polar surface area (TPSA) is 79.3 Å². The van der Waals surface area contributed by atoms with Crippen LogP contribution in [-0.2, 0) is 21.0 Å². The van der Waals surface area contributed by atoms with E-state index in [-0.39, 0.29) is 29.9 Å². The van der Waals surface area contributed by atoms with Crippen molar-refractivity contribution in [3.8, 4) is 11.5 Å². The van der Waals surface area contributed by atoms with E-state index in [1.807, 2.05) is 60.7 Å². The number of methoxy groups -OCH3 is 1. The minimum atomic E-state index is -0.920. The lowest BCUT2D eigenvalue weighted by atomic mass is 9.90. The molecule has 7 heteroatoms. The van der Waals surface area contributed by atoms with Crippen molar-refractivity contribution in [2.75, 3.05) is 12.2 Å². The Hall–Kier alpha value is -3.84. The molecule has 0 spiro atoms. The molecular weight excluding hydrogens is 408 g/mol. The summed E-state index contributed by atoms with van der Waals surface area (Å²) in [5.74, 6) is -1.06. The van der Waals surface area contributed by atoms with Gasteiger partial charge in [-0.15, -0.1) is 0 Å². The number of rotatable bonds is 5. The summed E-state index contributed by atoms with van der Waals surface area (Å²) in [6.45, 7) is 0.200. The largest absolute Gasteiger partial charge is 0.504 e. The van der Waals surface area contributed by atoms with Crippen LogP contribution in [0.4, 0.5) is 5.69 Å². The molecule has 0 aromatic heterocycles. The van der Waals surface area contributed by atoms with Crippen LogP contribution in [0.2, 0.25) is 0 Å². The summed E-state index contributed by atoms with van der Waals surface area (Å²) in [7, 11) is 1.47. The minimum Gasteiger partial charge on any atom is -0.504 e. The number of hydrogen-bond donors (Lipinski definition) is 1. The zero-order valence-corrected chi connectivity index (χ0v) is 17.4. The third-order valence-electron chi connectivity index (χ3n) is 5.95. The molecule has 3 aromatic carbocycles. The van der Waals surface area contributed by atoms with E-state index in [1.54, 1.807) is 17.2 Å². The molecule has 5 rings (SSSR count). The Bertz CT molecular complexity index is 1150. The zero-order chi connectivity index (χ0) is 22.2. The number of benzene rings is 3. The predicted molar refractivity (Wildman–Crippen MR) is 117 cm³/mol. The summed E-state index contributed by atoms with van der Waals surface area (Å²) in [6.07, 6.45) is -0.920. The number of carbonyl (C=O) groups is 2. The van der Waals surface area contributed by atoms with Gasteiger partial charge < -0.3 is 9.84 Å². The van der Waals surface area contributed by atoms with E-state index >= 15 is 0 Å². The molecule has 2 fully saturated rings. The van der Waals surface area contributed by atoms with E-state index in [0.717, 1.165) is 11.3 Å². The van der Waals surface area contributed by atoms with Crippen LogP contribution >= 0.6 is 0 Å². The SMILES string of the molecule is COc1cc([C@H]2[C@@H]3C(=O)N(Cc4ccccc4)C(=O)[C@H]3ON2c2ccccc2)ccc1O. The summed E-state index contributed by atoms with van der Waals surface area (Å²) >= 11 is 0. The number of likely N-dealkylation sites (tertiary alicyclic amines) is 1. The van der Waals surface area contributed by atoms with Gasteiger partial charge in [0.25, 0.3) is 5.91 Å². The molecule has 7 nitrogen and oxygen atoms in total. The lowest BCUT2D eigenvalue weighted by Gasteiger charge is -2.29. The first kappa shape index (κ1) is 20.1. The van der Waals surface area contributed by atoms with Crippen LogP contribution in [0.1, 0.15) is 17.2 Å². The summed E-state index contributed by atoms with van der Waals surface area (Å²) in [4.78, 5) is 34.1. The Morgan fingerprint density at radius 1 is 0.938 bits per heavy atom. The predicted octanol–water partition coefficient (Wildman–Crippen LogP) is 3.45. The Morgan fingerprint density at radius 2 is 1.62 bits per heavy atom. The summed E-state index contributed by atoms with van der Waals surface area (Å²) < 4.78 is 5.27. The fraction of sp³-hybridized carbons (Fsp3) is 0.200. The second kappa shape index (κ2) is 8.01. The number of hydroxylamine groups is 1. The van der Waals surface area contributed by atoms with Gasteiger partial charge in [-0.1, -0.05) is 54.6 Å². The quantitative estimate of drug-likeness (QED) is 0.625. The number of fused-ring (bicyclic) bond motifs is 1. The number of nitrogens with zero attached hydrogens (tertiary/aromatic N) is 2. The van der Waals surface area contributed by atoms with Crippen molar-refractivity contribution in [3.63, 3.8) is 0 Å². The molecule has 0 bridgehead atoms. The molecule has 2 heterocycles. The Morgan fingerprint density at radius 3 is 2.31 bits per heavy atom. The Kier molecular flexibility index (Phi) is 5.03. The van der Waals surface area contributed by atoms with Gasteiger partial charge in [-0.25, -0.2) is 5.06 Å². The number of carbonyl (C=O) groups excluding carboxylic acids is 2. The van der Waals surface area contributed by atoms with E-state index in [2.05, 4.69) is 0 Å². The molecule has 0 saturated carbocycles. The Labute approximate surface area is 185 Å². The number of amides is 2. The number of anilines is 1. The number of aromatic hydroxyl groups is 1. The molecule has 1 N–H and O–H groups in total. The van der Waals surface area contributed by atoms with Crippen LogP contribution in [0.3, 0.4) is 0 Å². The number of phenolic OH excluding ortho intramolecular Hbond substituents is 1. The van der Waals surface area contributed by atoms with Crippen molar-refractivity contribution < 1.29 is 24.3 Å². The van der Waals surface area contributed by atoms with Crippen LogP contribution in [0.25, 0.3) is 0 Å². The number of imide groups is 1. The third kappa shape index (κ3) is 3.27. The van der Waals surface area contributed by atoms with Gasteiger partial charge in [0, 0.05) is 0 Å². The molecule has 2 saturated heterocycles. The highest BCUT2D eigenvalue weighted by molar-refractivity contribution is 6.07. The van der Waals surface area contributed by atoms with Crippen molar-refractivity contribution in [1.82, 2.24) is 4.90 Å². The van der Waals surface area contributed by atoms with Gasteiger partial charge >= 0.3 is 0 Å². The van der Waals surface area contributed by atoms with Crippen LogP contribution in [-0.4, -0.2) is 35.0 Å². The minimum absolute atomic E-state index is 0.00231. The van der Waals surface area contributed by atoms with E-state index in [4.69, 9.17) is 9.57 Å². The maximum atomic E-state index is 13.5. The molecule has 0 aliphatic carbocycles. The van der Waals surface area contributed by atoms with E-state index in [9.17, 15) is 14.7 Å². The number of hydrogen-bond acceptors (Lipinski definition) is 6. The summed E-state index contributed by atoms with van der Waals surface area (Å²) in [5.41, 5.74) is 2.31. The van der Waals surface area contributed by atoms with Crippen molar-refractivity contribution >= 4 is 17.5 Å². The highest BCUT2D eigenvalue weighted by atomic mass is 16.7. The highest BCUT2D eigenvalue weighted by Crippen LogP contribution is 2.48. The van der Waals surface area contributed by atoms with Gasteiger partial charge in [0.1, 0.15) is 5.92 Å². The molecule has 2 amide bonds. The highest BCUT2D eigenvalue weighted by Gasteiger charge is 2.59. The van der Waals surface area contributed by atoms with Gasteiger partial charge in [-0.05, 0) is 35.4 Å². The maximum absolute atomic E-state index is 13.5. The first-order valence-electron chi connectivity index (χ1n) is 10.4. The second-order valence-electron chi connectivity index (χ2n) is 7.84. The number of ether oxygens (including phenoxy) is 1. The summed E-state index contributed by atoms with van der Waals surface area (Å²) in [5, 5.41) is 11.7. The van der Waals surface area contributed by atoms with Crippen LogP contribution in [0, 0.1) is 5.92 Å². The molecule has 3 atom stereocenters. The molecule has 2 aliphatic heterocycles. The first-order chi connectivity index (χ1) is 15.6. The van der Waals surface area contributed by atoms with Crippen LogP contribution in [0.5, 0.6) is 11.5 Å². The molecular formula is C25H22N2O5. The molecule has 0 unspecified atom stereocenters. The molecule has 2 aliphatic rings. The zero-order valence-electron chi connectivity index (χ0n) is 17.4. The fourth-order valence-corrected chi connectivity index (χ4v) is 4.41. The van der Waals surface area contributed by atoms with Gasteiger partial charge in [-0.3, -0.25) is 19.3 Å². The fourth-order valence-electron chi connectivity index (χ4n) is 4.41. The van der Waals surface area contributed by atoms with E-state index in [1.165, 1.54) is 18.1 Å². The maximum Gasteiger partial charge on any atom is 0.262 e. The first-order valence-corrected chi connectivity index (χ1v) is 10.4. The van der Waals surface area contributed by atoms with E-state index < -0.39 is 18.1 Å². The molecule has 162 valence electrons. The molecule has 32 heavy (non-hydrogen) atoms. The number of para-hydroxylation sites is 1. The molecule has 3 aromatic rings. The van der Waals surface area contributed by atoms with Crippen molar-refractivity contribution in [3.05, 3.63) is 90.0 Å². The standard InChI is InChI=1S/C25H22N2O5/c1-31-20-14-17(12-13-19(20)28)22-21-23(32-27(22)18-10-6-3-7-11-18)25(30)26(24(21)29)15-16-8-4-2-5-9-16/h2-14,21-23,28H,15H2,1H3/t21-,22-,23-/m0/s1. The Balaban J connectivity index is 1.55. The van der Waals surface area contributed by atoms with E-state index in [0.29, 0.717) is 5.56 Å². The second-order valence-corrected chi connectivity index (χ2v) is 7.84. The van der Waals surface area contributed by atoms with Gasteiger partial charge in [0.2, 0.25) is 5.91 Å². The van der Waals surface area contributed by atoms with Crippen molar-refractivity contribution in [1.29, 1.82) is 0 Å². The van der Waals surface area contributed by atoms with Crippen molar-refractivity contribution in [2.24, 2.45) is 5.92 Å². The summed E-state index contributed by atoms with van der Waals surface area (Å²) in [6, 6.07) is 23.1. The van der Waals surface area contributed by atoms with Gasteiger partial charge in [0.15, 0.2) is 17.6 Å². The average molecular weight is 430 g/mol. The van der Waals surface area contributed by atoms with Gasteiger partial charge in [-0.2, -0.15) is 0 Å². The van der Waals surface area contributed by atoms with Crippen molar-refractivity contribution in [2.45, 2.75) is 18.7 Å². The molecule has 0 radical (unpaired) electrons. The third-order valence-corrected chi connectivity index (χ3v) is 5.95. The lowest BCUT2D eigenvalue weighted by Crippen LogP contribution is -2.36. The van der Waals surface area contributed by atoms with Crippen LogP contribution < -0.4 is 9.80 Å². The normalized spacial score (nSPS) is 22.3. The van der Waals surface area contributed by atoms with Gasteiger partial charge in [0.05, 0.1) is 25.4 Å². The lowest BCUT2D eigenvalue weighted by molar-refractivity contribution is -0.143. The monoisotopic (exact) mass is 430 g/mol. The van der Waals surface area contributed by atoms with Crippen LogP contribution in [0.15, 0.2) is 78.9 Å². The average Bonchev–Trinajstić information content (AvgIpc) is 3.33. The smallest absolute Gasteiger partial charge is 0.262 e.